The summed E-state index contributed by atoms with van der Waals surface area (Å²) in [6, 6.07) is 0.199. The lowest BCUT2D eigenvalue weighted by Gasteiger charge is -2.22. The molecule has 0 amide bonds. The third-order valence-electron chi connectivity index (χ3n) is 2.32. The van der Waals surface area contributed by atoms with Gasteiger partial charge >= 0.3 is 0 Å². The molecule has 0 spiro atoms. The van der Waals surface area contributed by atoms with E-state index in [9.17, 15) is 4.79 Å². The van der Waals surface area contributed by atoms with Crippen molar-refractivity contribution in [3.8, 4) is 0 Å². The van der Waals surface area contributed by atoms with Crippen LogP contribution in [0.25, 0.3) is 6.08 Å². The SMILES string of the molecule is CC1C(C=O)C=Cc2nccn21. The van der Waals surface area contributed by atoms with Crippen LogP contribution in [0.2, 0.25) is 0 Å². The van der Waals surface area contributed by atoms with Crippen molar-refractivity contribution in [2.24, 2.45) is 5.92 Å². The van der Waals surface area contributed by atoms with Gasteiger partial charge in [0, 0.05) is 18.4 Å². The highest BCUT2D eigenvalue weighted by molar-refractivity contribution is 5.62. The Kier molecular flexibility index (Phi) is 1.57. The molecule has 12 heavy (non-hydrogen) atoms. The Balaban J connectivity index is 2.44. The predicted molar refractivity (Wildman–Crippen MR) is 45.5 cm³/mol. The third kappa shape index (κ3) is 0.897. The van der Waals surface area contributed by atoms with Gasteiger partial charge in [0.15, 0.2) is 0 Å². The Morgan fingerprint density at radius 3 is 3.25 bits per heavy atom. The number of nitrogens with zero attached hydrogens (tertiary/aromatic N) is 2. The van der Waals surface area contributed by atoms with Crippen LogP contribution >= 0.6 is 0 Å². The van der Waals surface area contributed by atoms with Gasteiger partial charge in [-0.3, -0.25) is 0 Å². The summed E-state index contributed by atoms with van der Waals surface area (Å²) in [6.45, 7) is 2.02. The maximum atomic E-state index is 10.6. The maximum absolute atomic E-state index is 10.6. The van der Waals surface area contributed by atoms with Gasteiger partial charge < -0.3 is 9.36 Å². The molecule has 1 aliphatic rings. The van der Waals surface area contributed by atoms with E-state index in [1.54, 1.807) is 6.20 Å². The van der Waals surface area contributed by atoms with Gasteiger partial charge in [-0.05, 0) is 13.0 Å². The van der Waals surface area contributed by atoms with Crippen molar-refractivity contribution in [2.45, 2.75) is 13.0 Å². The highest BCUT2D eigenvalue weighted by Crippen LogP contribution is 2.24. The molecular weight excluding hydrogens is 152 g/mol. The number of aromatic nitrogens is 2. The van der Waals surface area contributed by atoms with Crippen molar-refractivity contribution in [1.29, 1.82) is 0 Å². The summed E-state index contributed by atoms with van der Waals surface area (Å²) in [5.41, 5.74) is 0. The second-order valence-corrected chi connectivity index (χ2v) is 3.01. The number of allylic oxidation sites excluding steroid dienone is 1. The van der Waals surface area contributed by atoms with E-state index in [1.807, 2.05) is 29.8 Å². The van der Waals surface area contributed by atoms with Gasteiger partial charge in [0.25, 0.3) is 0 Å². The fraction of sp³-hybridized carbons (Fsp3) is 0.333. The molecular formula is C9H10N2O. The van der Waals surface area contributed by atoms with Crippen LogP contribution in [-0.2, 0) is 4.79 Å². The van der Waals surface area contributed by atoms with Crippen LogP contribution in [0, 0.1) is 5.92 Å². The quantitative estimate of drug-likeness (QED) is 0.583. The zero-order valence-corrected chi connectivity index (χ0v) is 6.84. The molecule has 0 saturated heterocycles. The Morgan fingerprint density at radius 2 is 2.50 bits per heavy atom. The average Bonchev–Trinajstić information content (AvgIpc) is 2.53. The minimum atomic E-state index is -0.00769. The average molecular weight is 162 g/mol. The summed E-state index contributed by atoms with van der Waals surface area (Å²) in [5, 5.41) is 0. The molecule has 3 heteroatoms. The van der Waals surface area contributed by atoms with Crippen molar-refractivity contribution >= 4 is 12.4 Å². The van der Waals surface area contributed by atoms with Gasteiger partial charge in [-0.2, -0.15) is 0 Å². The zero-order chi connectivity index (χ0) is 8.55. The number of hydrogen-bond acceptors (Lipinski definition) is 2. The molecule has 1 aliphatic heterocycles. The smallest absolute Gasteiger partial charge is 0.132 e. The molecule has 2 unspecified atom stereocenters. The monoisotopic (exact) mass is 162 g/mol. The molecule has 0 fully saturated rings. The van der Waals surface area contributed by atoms with Crippen molar-refractivity contribution in [2.75, 3.05) is 0 Å². The van der Waals surface area contributed by atoms with E-state index in [-0.39, 0.29) is 12.0 Å². The Morgan fingerprint density at radius 1 is 1.67 bits per heavy atom. The van der Waals surface area contributed by atoms with E-state index >= 15 is 0 Å². The molecule has 2 atom stereocenters. The standard InChI is InChI=1S/C9H10N2O/c1-7-8(6-12)2-3-9-10-4-5-11(7)9/h2-8H,1H3. The lowest BCUT2D eigenvalue weighted by atomic mass is 10.00. The highest BCUT2D eigenvalue weighted by atomic mass is 16.1. The van der Waals surface area contributed by atoms with Crippen LogP contribution in [0.1, 0.15) is 18.8 Å². The predicted octanol–water partition coefficient (Wildman–Crippen LogP) is 1.29. The Hall–Kier alpha value is -1.38. The second kappa shape index (κ2) is 2.59. The van der Waals surface area contributed by atoms with Crippen LogP contribution in [0.4, 0.5) is 0 Å². The number of imidazole rings is 1. The minimum absolute atomic E-state index is 0.00769. The zero-order valence-electron chi connectivity index (χ0n) is 6.84. The summed E-state index contributed by atoms with van der Waals surface area (Å²) >= 11 is 0. The first-order chi connectivity index (χ1) is 5.83. The third-order valence-corrected chi connectivity index (χ3v) is 2.32. The van der Waals surface area contributed by atoms with Gasteiger partial charge in [-0.1, -0.05) is 6.08 Å². The molecule has 3 nitrogen and oxygen atoms in total. The first kappa shape index (κ1) is 7.28. The molecule has 2 rings (SSSR count). The topological polar surface area (TPSA) is 34.9 Å². The van der Waals surface area contributed by atoms with Crippen LogP contribution in [0.5, 0.6) is 0 Å². The van der Waals surface area contributed by atoms with Crippen molar-refractivity contribution in [1.82, 2.24) is 9.55 Å². The Bertz CT molecular complexity index is 327. The number of carbonyl (C=O) groups excluding carboxylic acids is 1. The number of rotatable bonds is 1. The van der Waals surface area contributed by atoms with Crippen LogP contribution in [0.15, 0.2) is 18.5 Å². The van der Waals surface area contributed by atoms with Crippen molar-refractivity contribution in [3.63, 3.8) is 0 Å². The fourth-order valence-electron chi connectivity index (χ4n) is 1.50. The van der Waals surface area contributed by atoms with E-state index in [0.717, 1.165) is 12.1 Å². The normalized spacial score (nSPS) is 26.8. The molecule has 1 aromatic heterocycles. The van der Waals surface area contributed by atoms with E-state index in [2.05, 4.69) is 4.98 Å². The molecule has 0 aliphatic carbocycles. The lowest BCUT2D eigenvalue weighted by Crippen LogP contribution is -2.19. The first-order valence-electron chi connectivity index (χ1n) is 3.99. The van der Waals surface area contributed by atoms with Crippen LogP contribution in [-0.4, -0.2) is 15.8 Å². The lowest BCUT2D eigenvalue weighted by molar-refractivity contribution is -0.110. The number of fused-ring (bicyclic) bond motifs is 1. The fourth-order valence-corrected chi connectivity index (χ4v) is 1.50. The number of carbonyl (C=O) groups is 1. The molecule has 0 N–H and O–H groups in total. The summed E-state index contributed by atoms with van der Waals surface area (Å²) in [7, 11) is 0. The van der Waals surface area contributed by atoms with Gasteiger partial charge in [-0.15, -0.1) is 0 Å². The first-order valence-corrected chi connectivity index (χ1v) is 3.99. The van der Waals surface area contributed by atoms with Gasteiger partial charge in [0.05, 0.1) is 5.92 Å². The Labute approximate surface area is 70.7 Å². The van der Waals surface area contributed by atoms with E-state index < -0.39 is 0 Å². The molecule has 1 aromatic rings. The summed E-state index contributed by atoms with van der Waals surface area (Å²) < 4.78 is 2.01. The highest BCUT2D eigenvalue weighted by Gasteiger charge is 2.20. The molecule has 0 aromatic carbocycles. The van der Waals surface area contributed by atoms with E-state index in [4.69, 9.17) is 0 Å². The largest absolute Gasteiger partial charge is 0.328 e. The summed E-state index contributed by atoms with van der Waals surface area (Å²) in [6.07, 6.45) is 8.42. The number of hydrogen-bond donors (Lipinski definition) is 0. The molecule has 0 saturated carbocycles. The van der Waals surface area contributed by atoms with Crippen molar-refractivity contribution < 1.29 is 4.79 Å². The molecule has 2 heterocycles. The van der Waals surface area contributed by atoms with E-state index in [0.29, 0.717) is 0 Å². The molecule has 0 bridgehead atoms. The summed E-state index contributed by atoms with van der Waals surface area (Å²) in [5.74, 6) is 0.923. The minimum Gasteiger partial charge on any atom is -0.328 e. The molecule has 0 radical (unpaired) electrons. The van der Waals surface area contributed by atoms with Crippen LogP contribution in [0.3, 0.4) is 0 Å². The maximum Gasteiger partial charge on any atom is 0.132 e. The summed E-state index contributed by atoms with van der Waals surface area (Å²) in [4.78, 5) is 14.8. The van der Waals surface area contributed by atoms with Crippen molar-refractivity contribution in [3.05, 3.63) is 24.3 Å². The van der Waals surface area contributed by atoms with Crippen LogP contribution < -0.4 is 0 Å². The molecule has 62 valence electrons. The second-order valence-electron chi connectivity index (χ2n) is 3.01. The van der Waals surface area contributed by atoms with E-state index in [1.165, 1.54) is 0 Å². The van der Waals surface area contributed by atoms with Gasteiger partial charge in [0.2, 0.25) is 0 Å². The van der Waals surface area contributed by atoms with Gasteiger partial charge in [-0.25, -0.2) is 4.98 Å². The van der Waals surface area contributed by atoms with Gasteiger partial charge in [0.1, 0.15) is 12.1 Å². The number of aldehydes is 1.